The predicted octanol–water partition coefficient (Wildman–Crippen LogP) is 0.465. The molecule has 15 heavy (non-hydrogen) atoms. The first-order valence-electron chi connectivity index (χ1n) is 4.18. The molecule has 0 saturated heterocycles. The van der Waals surface area contributed by atoms with E-state index in [1.807, 2.05) is 0 Å². The van der Waals surface area contributed by atoms with Gasteiger partial charge < -0.3 is 5.73 Å². The highest BCUT2D eigenvalue weighted by Gasteiger charge is 2.07. The van der Waals surface area contributed by atoms with Gasteiger partial charge in [-0.3, -0.25) is 9.52 Å². The van der Waals surface area contributed by atoms with Crippen LogP contribution < -0.4 is 10.5 Å². The highest BCUT2D eigenvalue weighted by atomic mass is 32.2. The van der Waals surface area contributed by atoms with Gasteiger partial charge in [0.05, 0.1) is 6.26 Å². The predicted molar refractivity (Wildman–Crippen MR) is 58.2 cm³/mol. The molecule has 1 aromatic rings. The molecule has 0 aliphatic rings. The minimum atomic E-state index is -3.29. The zero-order valence-electron chi connectivity index (χ0n) is 8.44. The Morgan fingerprint density at radius 1 is 1.40 bits per heavy atom. The van der Waals surface area contributed by atoms with Crippen molar-refractivity contribution in [3.8, 4) is 0 Å². The van der Waals surface area contributed by atoms with E-state index in [4.69, 9.17) is 5.73 Å². The van der Waals surface area contributed by atoms with Crippen molar-refractivity contribution >= 4 is 21.6 Å². The summed E-state index contributed by atoms with van der Waals surface area (Å²) in [6, 6.07) is 4.54. The molecule has 1 amide bonds. The first-order valence-corrected chi connectivity index (χ1v) is 6.07. The van der Waals surface area contributed by atoms with Crippen LogP contribution in [-0.4, -0.2) is 20.6 Å². The lowest BCUT2D eigenvalue weighted by Crippen LogP contribution is -2.14. The van der Waals surface area contributed by atoms with Gasteiger partial charge in [-0.2, -0.15) is 0 Å². The molecule has 0 spiro atoms. The van der Waals surface area contributed by atoms with E-state index in [0.717, 1.165) is 6.26 Å². The molecule has 5 nitrogen and oxygen atoms in total. The second-order valence-electron chi connectivity index (χ2n) is 3.27. The minimum Gasteiger partial charge on any atom is -0.366 e. The van der Waals surface area contributed by atoms with Gasteiger partial charge >= 0.3 is 0 Å². The van der Waals surface area contributed by atoms with Gasteiger partial charge in [0.2, 0.25) is 15.9 Å². The van der Waals surface area contributed by atoms with Crippen LogP contribution in [0, 0.1) is 6.92 Å². The van der Waals surface area contributed by atoms with Crippen molar-refractivity contribution in [1.29, 1.82) is 0 Å². The van der Waals surface area contributed by atoms with Crippen molar-refractivity contribution in [2.24, 2.45) is 5.73 Å². The van der Waals surface area contributed by atoms with E-state index in [-0.39, 0.29) is 0 Å². The van der Waals surface area contributed by atoms with Crippen LogP contribution in [0.25, 0.3) is 0 Å². The van der Waals surface area contributed by atoms with Gasteiger partial charge in [-0.15, -0.1) is 0 Å². The van der Waals surface area contributed by atoms with Gasteiger partial charge in [0.15, 0.2) is 0 Å². The molecule has 1 aromatic carbocycles. The molecule has 0 radical (unpaired) electrons. The first kappa shape index (κ1) is 11.5. The Morgan fingerprint density at radius 2 is 2.00 bits per heavy atom. The van der Waals surface area contributed by atoms with E-state index in [2.05, 4.69) is 4.72 Å². The van der Waals surface area contributed by atoms with Gasteiger partial charge in [0.1, 0.15) is 0 Å². The van der Waals surface area contributed by atoms with Gasteiger partial charge in [-0.1, -0.05) is 0 Å². The van der Waals surface area contributed by atoms with E-state index < -0.39 is 15.9 Å². The monoisotopic (exact) mass is 228 g/mol. The molecule has 0 aliphatic heterocycles. The summed E-state index contributed by atoms with van der Waals surface area (Å²) < 4.78 is 24.2. The van der Waals surface area contributed by atoms with Gasteiger partial charge in [0.25, 0.3) is 0 Å². The quantitative estimate of drug-likeness (QED) is 0.787. The lowest BCUT2D eigenvalue weighted by atomic mass is 10.1. The lowest BCUT2D eigenvalue weighted by Gasteiger charge is -2.06. The lowest BCUT2D eigenvalue weighted by molar-refractivity contribution is 0.1000. The Hall–Kier alpha value is -1.56. The number of nitrogens with one attached hydrogen (secondary N) is 1. The molecular formula is C9H12N2O3S. The molecule has 0 aromatic heterocycles. The van der Waals surface area contributed by atoms with Crippen LogP contribution in [-0.2, 0) is 10.0 Å². The summed E-state index contributed by atoms with van der Waals surface area (Å²) in [7, 11) is -3.29. The van der Waals surface area contributed by atoms with Crippen LogP contribution in [0.5, 0.6) is 0 Å². The number of nitrogens with two attached hydrogens (primary N) is 1. The van der Waals surface area contributed by atoms with Crippen molar-refractivity contribution in [1.82, 2.24) is 0 Å². The number of carbonyl (C=O) groups is 1. The van der Waals surface area contributed by atoms with E-state index >= 15 is 0 Å². The summed E-state index contributed by atoms with van der Waals surface area (Å²) in [5, 5.41) is 0. The summed E-state index contributed by atoms with van der Waals surface area (Å²) in [5.74, 6) is -0.529. The molecule has 1 rings (SSSR count). The Kier molecular flexibility index (Phi) is 2.99. The molecule has 0 aliphatic carbocycles. The number of carbonyl (C=O) groups excluding carboxylic acids is 1. The number of anilines is 1. The molecule has 0 bridgehead atoms. The number of hydrogen-bond donors (Lipinski definition) is 2. The molecule has 3 N–H and O–H groups in total. The number of primary amides is 1. The van der Waals surface area contributed by atoms with Crippen molar-refractivity contribution in [3.63, 3.8) is 0 Å². The number of benzene rings is 1. The molecule has 82 valence electrons. The summed E-state index contributed by atoms with van der Waals surface area (Å²) in [6.45, 7) is 1.69. The highest BCUT2D eigenvalue weighted by molar-refractivity contribution is 7.92. The number of rotatable bonds is 3. The van der Waals surface area contributed by atoms with Gasteiger partial charge in [-0.05, 0) is 30.7 Å². The third-order valence-electron chi connectivity index (χ3n) is 1.80. The first-order chi connectivity index (χ1) is 6.79. The van der Waals surface area contributed by atoms with Crippen LogP contribution in [0.1, 0.15) is 15.9 Å². The molecule has 0 unspecified atom stereocenters. The molecular weight excluding hydrogens is 216 g/mol. The average Bonchev–Trinajstić information content (AvgIpc) is 1.99. The average molecular weight is 228 g/mol. The summed E-state index contributed by atoms with van der Waals surface area (Å²) >= 11 is 0. The molecule has 0 saturated carbocycles. The zero-order valence-corrected chi connectivity index (χ0v) is 9.26. The number of amides is 1. The number of aryl methyl sites for hydroxylation is 1. The summed E-state index contributed by atoms with van der Waals surface area (Å²) in [6.07, 6.45) is 1.06. The van der Waals surface area contributed by atoms with Crippen molar-refractivity contribution in [2.45, 2.75) is 6.92 Å². The normalized spacial score (nSPS) is 11.1. The van der Waals surface area contributed by atoms with E-state index in [0.29, 0.717) is 16.8 Å². The maximum Gasteiger partial charge on any atom is 0.248 e. The summed E-state index contributed by atoms with van der Waals surface area (Å²) in [4.78, 5) is 10.9. The molecule has 0 fully saturated rings. The van der Waals surface area contributed by atoms with E-state index in [1.165, 1.54) is 12.1 Å². The third-order valence-corrected chi connectivity index (χ3v) is 2.40. The fourth-order valence-corrected chi connectivity index (χ4v) is 1.77. The number of hydrogen-bond acceptors (Lipinski definition) is 3. The van der Waals surface area contributed by atoms with Crippen LogP contribution in [0.4, 0.5) is 5.69 Å². The Labute approximate surface area is 88.3 Å². The van der Waals surface area contributed by atoms with E-state index in [1.54, 1.807) is 13.0 Å². The van der Waals surface area contributed by atoms with Crippen LogP contribution in [0.15, 0.2) is 18.2 Å². The molecule has 0 atom stereocenters. The van der Waals surface area contributed by atoms with Gasteiger partial charge in [0, 0.05) is 11.3 Å². The van der Waals surface area contributed by atoms with Crippen molar-refractivity contribution in [3.05, 3.63) is 29.3 Å². The smallest absolute Gasteiger partial charge is 0.248 e. The maximum atomic E-state index is 10.9. The molecule has 0 heterocycles. The largest absolute Gasteiger partial charge is 0.366 e. The zero-order chi connectivity index (χ0) is 11.6. The van der Waals surface area contributed by atoms with E-state index in [9.17, 15) is 13.2 Å². The maximum absolute atomic E-state index is 10.9. The summed E-state index contributed by atoms with van der Waals surface area (Å²) in [5.41, 5.74) is 6.55. The standard InChI is InChI=1S/C9H12N2O3S/c1-6-5-7(11-15(2,13)14)3-4-8(6)9(10)12/h3-5,11H,1-2H3,(H2,10,12). The topological polar surface area (TPSA) is 89.3 Å². The fraction of sp³-hybridized carbons (Fsp3) is 0.222. The van der Waals surface area contributed by atoms with Crippen LogP contribution in [0.3, 0.4) is 0 Å². The second kappa shape index (κ2) is 3.90. The van der Waals surface area contributed by atoms with Crippen molar-refractivity contribution in [2.75, 3.05) is 11.0 Å². The van der Waals surface area contributed by atoms with Crippen LogP contribution in [0.2, 0.25) is 0 Å². The third kappa shape index (κ3) is 3.25. The Morgan fingerprint density at radius 3 is 2.40 bits per heavy atom. The SMILES string of the molecule is Cc1cc(NS(C)(=O)=O)ccc1C(N)=O. The Bertz CT molecular complexity index is 494. The van der Waals surface area contributed by atoms with Crippen LogP contribution >= 0.6 is 0 Å². The minimum absolute atomic E-state index is 0.383. The van der Waals surface area contributed by atoms with Gasteiger partial charge in [-0.25, -0.2) is 8.42 Å². The fourth-order valence-electron chi connectivity index (χ4n) is 1.22. The number of sulfonamides is 1. The Balaban J connectivity index is 3.07. The highest BCUT2D eigenvalue weighted by Crippen LogP contribution is 2.15. The second-order valence-corrected chi connectivity index (χ2v) is 5.02. The van der Waals surface area contributed by atoms with Crippen molar-refractivity contribution < 1.29 is 13.2 Å². The molecule has 6 heteroatoms.